The van der Waals surface area contributed by atoms with Crippen LogP contribution in [0.5, 0.6) is 5.75 Å². The minimum atomic E-state index is 0.583. The van der Waals surface area contributed by atoms with Gasteiger partial charge in [0.2, 0.25) is 5.89 Å². The lowest BCUT2D eigenvalue weighted by atomic mass is 10.1. The van der Waals surface area contributed by atoms with E-state index < -0.39 is 0 Å². The monoisotopic (exact) mass is 328 g/mol. The largest absolute Gasteiger partial charge is 0.497 e. The van der Waals surface area contributed by atoms with Crippen molar-refractivity contribution in [3.63, 3.8) is 0 Å². The summed E-state index contributed by atoms with van der Waals surface area (Å²) in [4.78, 5) is 8.67. The van der Waals surface area contributed by atoms with E-state index in [2.05, 4.69) is 22.1 Å². The summed E-state index contributed by atoms with van der Waals surface area (Å²) < 4.78 is 11.0. The minimum absolute atomic E-state index is 0.583. The third-order valence-corrected chi connectivity index (χ3v) is 3.90. The number of benzene rings is 2. The van der Waals surface area contributed by atoms with Crippen molar-refractivity contribution in [2.24, 2.45) is 0 Å². The summed E-state index contributed by atoms with van der Waals surface area (Å²) in [7, 11) is 1.66. The van der Waals surface area contributed by atoms with E-state index in [4.69, 9.17) is 9.15 Å². The van der Waals surface area contributed by atoms with Crippen molar-refractivity contribution < 1.29 is 9.15 Å². The van der Waals surface area contributed by atoms with Crippen LogP contribution in [0.15, 0.2) is 71.4 Å². The van der Waals surface area contributed by atoms with Gasteiger partial charge in [-0.2, -0.15) is 0 Å². The highest BCUT2D eigenvalue weighted by molar-refractivity contribution is 5.81. The predicted octanol–water partition coefficient (Wildman–Crippen LogP) is 5.07. The number of oxazole rings is 1. The second-order valence-electron chi connectivity index (χ2n) is 5.59. The van der Waals surface area contributed by atoms with Gasteiger partial charge in [-0.25, -0.2) is 4.98 Å². The molecule has 0 aliphatic heterocycles. The maximum Gasteiger partial charge on any atom is 0.228 e. The Morgan fingerprint density at radius 1 is 0.960 bits per heavy atom. The van der Waals surface area contributed by atoms with E-state index in [-0.39, 0.29) is 0 Å². The van der Waals surface area contributed by atoms with Gasteiger partial charge in [-0.3, -0.25) is 4.98 Å². The van der Waals surface area contributed by atoms with Crippen LogP contribution in [-0.2, 0) is 0 Å². The van der Waals surface area contributed by atoms with E-state index in [1.54, 1.807) is 19.5 Å². The Morgan fingerprint density at radius 3 is 2.52 bits per heavy atom. The first kappa shape index (κ1) is 15.1. The van der Waals surface area contributed by atoms with Gasteiger partial charge < -0.3 is 9.15 Å². The van der Waals surface area contributed by atoms with Crippen molar-refractivity contribution in [2.75, 3.05) is 7.11 Å². The fourth-order valence-electron chi connectivity index (χ4n) is 2.57. The highest BCUT2D eigenvalue weighted by Crippen LogP contribution is 2.25. The molecule has 0 radical (unpaired) electrons. The molecule has 0 atom stereocenters. The number of hydrogen-bond acceptors (Lipinski definition) is 4. The van der Waals surface area contributed by atoms with E-state index in [9.17, 15) is 0 Å². The third-order valence-electron chi connectivity index (χ3n) is 3.90. The van der Waals surface area contributed by atoms with Crippen LogP contribution < -0.4 is 4.74 Å². The van der Waals surface area contributed by atoms with E-state index in [1.807, 2.05) is 54.6 Å². The lowest BCUT2D eigenvalue weighted by molar-refractivity contribution is 0.415. The quantitative estimate of drug-likeness (QED) is 0.491. The summed E-state index contributed by atoms with van der Waals surface area (Å²) in [6.45, 7) is 0. The lowest BCUT2D eigenvalue weighted by Gasteiger charge is -1.99. The normalized spacial score (nSPS) is 11.2. The third kappa shape index (κ3) is 3.28. The van der Waals surface area contributed by atoms with Crippen molar-refractivity contribution >= 4 is 23.3 Å². The summed E-state index contributed by atoms with van der Waals surface area (Å²) in [6.07, 6.45) is 7.59. The van der Waals surface area contributed by atoms with Crippen LogP contribution in [0.25, 0.3) is 34.7 Å². The molecule has 0 fully saturated rings. The molecule has 0 amide bonds. The highest BCUT2D eigenvalue weighted by Gasteiger charge is 2.08. The molecule has 0 saturated heterocycles. The molecule has 0 saturated carbocycles. The molecule has 4 heteroatoms. The second kappa shape index (κ2) is 6.61. The first-order valence-electron chi connectivity index (χ1n) is 7.95. The summed E-state index contributed by atoms with van der Waals surface area (Å²) >= 11 is 0. The smallest absolute Gasteiger partial charge is 0.228 e. The molecule has 2 heterocycles. The highest BCUT2D eigenvalue weighted by atomic mass is 16.5. The number of ether oxygens (including phenoxy) is 1. The van der Waals surface area contributed by atoms with Crippen LogP contribution in [0.1, 0.15) is 11.1 Å². The molecule has 0 unspecified atom stereocenters. The molecule has 4 nitrogen and oxygen atoms in total. The van der Waals surface area contributed by atoms with Crippen LogP contribution in [0.3, 0.4) is 0 Å². The summed E-state index contributed by atoms with van der Waals surface area (Å²) in [5, 5.41) is 0. The molecule has 2 aromatic carbocycles. The Bertz CT molecular complexity index is 1020. The molecule has 2 aromatic heterocycles. The van der Waals surface area contributed by atoms with Crippen molar-refractivity contribution in [3.8, 4) is 17.2 Å². The topological polar surface area (TPSA) is 48.2 Å². The Balaban J connectivity index is 1.61. The zero-order valence-electron chi connectivity index (χ0n) is 13.7. The van der Waals surface area contributed by atoms with E-state index >= 15 is 0 Å². The molecular weight excluding hydrogens is 312 g/mol. The number of pyridine rings is 1. The van der Waals surface area contributed by atoms with Gasteiger partial charge in [-0.15, -0.1) is 0 Å². The maximum atomic E-state index is 5.81. The van der Waals surface area contributed by atoms with Gasteiger partial charge in [0, 0.05) is 12.4 Å². The molecule has 0 aliphatic rings. The van der Waals surface area contributed by atoms with Gasteiger partial charge in [-0.1, -0.05) is 30.4 Å². The average Bonchev–Trinajstić information content (AvgIpc) is 3.11. The Labute approximate surface area is 145 Å². The maximum absolute atomic E-state index is 5.81. The molecule has 4 rings (SSSR count). The zero-order valence-corrected chi connectivity index (χ0v) is 13.7. The van der Waals surface area contributed by atoms with Gasteiger partial charge in [0.25, 0.3) is 0 Å². The second-order valence-corrected chi connectivity index (χ2v) is 5.59. The van der Waals surface area contributed by atoms with Crippen LogP contribution >= 0.6 is 0 Å². The fraction of sp³-hybridized carbons (Fsp3) is 0.0476. The van der Waals surface area contributed by atoms with Crippen molar-refractivity contribution in [2.45, 2.75) is 0 Å². The standard InChI is InChI=1S/C21H16N2O2/c1-24-18-9-6-15(7-10-18)4-5-16-8-11-20-19(13-16)23-21(25-20)17-3-2-12-22-14-17/h2-14H,1H3/b5-4-. The number of rotatable bonds is 4. The van der Waals surface area contributed by atoms with Crippen LogP contribution in [0.4, 0.5) is 0 Å². The molecule has 0 spiro atoms. The molecule has 0 bridgehead atoms. The van der Waals surface area contributed by atoms with Crippen LogP contribution in [0, 0.1) is 0 Å². The first-order chi connectivity index (χ1) is 12.3. The van der Waals surface area contributed by atoms with Crippen LogP contribution in [0.2, 0.25) is 0 Å². The predicted molar refractivity (Wildman–Crippen MR) is 99.2 cm³/mol. The fourth-order valence-corrected chi connectivity index (χ4v) is 2.57. The molecule has 4 aromatic rings. The Morgan fingerprint density at radius 2 is 1.76 bits per heavy atom. The first-order valence-corrected chi connectivity index (χ1v) is 7.95. The van der Waals surface area contributed by atoms with Crippen LogP contribution in [-0.4, -0.2) is 17.1 Å². The van der Waals surface area contributed by atoms with Gasteiger partial charge in [-0.05, 0) is 47.5 Å². The van der Waals surface area contributed by atoms with Gasteiger partial charge in [0.1, 0.15) is 11.3 Å². The minimum Gasteiger partial charge on any atom is -0.497 e. The summed E-state index contributed by atoms with van der Waals surface area (Å²) in [6, 6.07) is 17.7. The molecule has 0 aliphatic carbocycles. The summed E-state index contributed by atoms with van der Waals surface area (Å²) in [5.74, 6) is 1.43. The van der Waals surface area contributed by atoms with Gasteiger partial charge >= 0.3 is 0 Å². The average molecular weight is 328 g/mol. The zero-order chi connectivity index (χ0) is 17.1. The number of fused-ring (bicyclic) bond motifs is 1. The lowest BCUT2D eigenvalue weighted by Crippen LogP contribution is -1.81. The molecular formula is C21H16N2O2. The number of nitrogens with zero attached hydrogens (tertiary/aromatic N) is 2. The van der Waals surface area contributed by atoms with Crippen molar-refractivity contribution in [1.29, 1.82) is 0 Å². The molecule has 122 valence electrons. The Kier molecular flexibility index (Phi) is 4.01. The Hall–Kier alpha value is -3.40. The number of hydrogen-bond donors (Lipinski definition) is 0. The number of methoxy groups -OCH3 is 1. The number of aromatic nitrogens is 2. The van der Waals surface area contributed by atoms with E-state index in [0.29, 0.717) is 5.89 Å². The molecule has 25 heavy (non-hydrogen) atoms. The van der Waals surface area contributed by atoms with E-state index in [0.717, 1.165) is 33.5 Å². The SMILES string of the molecule is COc1ccc(/C=C\c2ccc3oc(-c4cccnc4)nc3c2)cc1. The van der Waals surface area contributed by atoms with Gasteiger partial charge in [0.05, 0.1) is 12.7 Å². The van der Waals surface area contributed by atoms with E-state index in [1.165, 1.54) is 0 Å². The van der Waals surface area contributed by atoms with Gasteiger partial charge in [0.15, 0.2) is 5.58 Å². The van der Waals surface area contributed by atoms with Crippen molar-refractivity contribution in [1.82, 2.24) is 9.97 Å². The van der Waals surface area contributed by atoms with Crippen molar-refractivity contribution in [3.05, 3.63) is 78.1 Å². The summed E-state index contributed by atoms with van der Waals surface area (Å²) in [5.41, 5.74) is 4.64. The molecule has 0 N–H and O–H groups in total.